The second-order valence-electron chi connectivity index (χ2n) is 3.87. The molecule has 1 N–H and O–H groups in total. The maximum atomic E-state index is 10.3. The third-order valence-electron chi connectivity index (χ3n) is 2.74. The van der Waals surface area contributed by atoms with E-state index in [1.807, 2.05) is 24.3 Å². The fourth-order valence-electron chi connectivity index (χ4n) is 1.83. The number of hydrogen-bond donors (Lipinski definition) is 1. The van der Waals surface area contributed by atoms with E-state index in [-0.39, 0.29) is 0 Å². The summed E-state index contributed by atoms with van der Waals surface area (Å²) in [5, 5.41) is 19.0. The first-order valence-electron chi connectivity index (χ1n) is 5.27. The zero-order valence-electron chi connectivity index (χ0n) is 9.24. The van der Waals surface area contributed by atoms with Crippen molar-refractivity contribution in [1.29, 1.82) is 0 Å². The lowest BCUT2D eigenvalue weighted by molar-refractivity contribution is 0.213. The molecule has 0 aliphatic carbocycles. The van der Waals surface area contributed by atoms with Crippen LogP contribution in [-0.4, -0.2) is 20.1 Å². The van der Waals surface area contributed by atoms with Gasteiger partial charge in [-0.15, -0.1) is 16.4 Å². The van der Waals surface area contributed by atoms with Gasteiger partial charge in [0.1, 0.15) is 6.10 Å². The van der Waals surface area contributed by atoms with Crippen molar-refractivity contribution >= 4 is 21.4 Å². The van der Waals surface area contributed by atoms with Crippen LogP contribution in [0.1, 0.15) is 16.7 Å². The van der Waals surface area contributed by atoms with Gasteiger partial charge in [-0.05, 0) is 17.5 Å². The Kier molecular flexibility index (Phi) is 2.42. The molecule has 17 heavy (non-hydrogen) atoms. The van der Waals surface area contributed by atoms with Crippen molar-refractivity contribution in [3.05, 3.63) is 47.1 Å². The maximum absolute atomic E-state index is 10.3. The third kappa shape index (κ3) is 1.73. The Bertz CT molecular complexity index is 625. The highest BCUT2D eigenvalue weighted by atomic mass is 32.1. The minimum atomic E-state index is -0.660. The van der Waals surface area contributed by atoms with Gasteiger partial charge in [-0.1, -0.05) is 23.4 Å². The SMILES string of the molecule is Cn1nncc1C(O)c1cc2ccccc2s1. The van der Waals surface area contributed by atoms with Crippen LogP contribution >= 0.6 is 11.3 Å². The van der Waals surface area contributed by atoms with E-state index in [1.54, 1.807) is 29.3 Å². The molecule has 4 nitrogen and oxygen atoms in total. The molecule has 3 aromatic rings. The summed E-state index contributed by atoms with van der Waals surface area (Å²) in [5.74, 6) is 0. The Labute approximate surface area is 102 Å². The highest BCUT2D eigenvalue weighted by Gasteiger charge is 2.17. The van der Waals surface area contributed by atoms with Crippen molar-refractivity contribution in [2.45, 2.75) is 6.10 Å². The number of benzene rings is 1. The maximum Gasteiger partial charge on any atom is 0.131 e. The standard InChI is InChI=1S/C12H11N3OS/c1-15-9(7-13-14-15)12(16)11-6-8-4-2-3-5-10(8)17-11/h2-7,12,16H,1H3. The molecule has 0 aliphatic rings. The van der Waals surface area contributed by atoms with Crippen molar-refractivity contribution in [3.8, 4) is 0 Å². The Morgan fingerprint density at radius 1 is 1.35 bits per heavy atom. The van der Waals surface area contributed by atoms with E-state index in [1.165, 1.54) is 4.70 Å². The van der Waals surface area contributed by atoms with E-state index in [4.69, 9.17) is 0 Å². The van der Waals surface area contributed by atoms with Crippen molar-refractivity contribution in [3.63, 3.8) is 0 Å². The summed E-state index contributed by atoms with van der Waals surface area (Å²) in [6.45, 7) is 0. The Morgan fingerprint density at radius 2 is 2.18 bits per heavy atom. The normalized spacial score (nSPS) is 13.1. The van der Waals surface area contributed by atoms with Gasteiger partial charge >= 0.3 is 0 Å². The zero-order valence-corrected chi connectivity index (χ0v) is 10.1. The number of aliphatic hydroxyl groups is 1. The number of fused-ring (bicyclic) bond motifs is 1. The molecule has 0 aliphatic heterocycles. The summed E-state index contributed by atoms with van der Waals surface area (Å²) < 4.78 is 2.77. The third-order valence-corrected chi connectivity index (χ3v) is 3.91. The summed E-state index contributed by atoms with van der Waals surface area (Å²) in [4.78, 5) is 0.914. The molecular weight excluding hydrogens is 234 g/mol. The summed E-state index contributed by atoms with van der Waals surface area (Å²) in [7, 11) is 1.78. The van der Waals surface area contributed by atoms with Crippen molar-refractivity contribution in [2.75, 3.05) is 0 Å². The van der Waals surface area contributed by atoms with Crippen LogP contribution in [0.5, 0.6) is 0 Å². The van der Waals surface area contributed by atoms with Crippen LogP contribution in [0.2, 0.25) is 0 Å². The van der Waals surface area contributed by atoms with Crippen LogP contribution in [0, 0.1) is 0 Å². The largest absolute Gasteiger partial charge is 0.381 e. The molecule has 1 atom stereocenters. The number of aliphatic hydroxyl groups excluding tert-OH is 1. The molecule has 0 amide bonds. The first-order chi connectivity index (χ1) is 8.25. The van der Waals surface area contributed by atoms with Gasteiger partial charge in [-0.3, -0.25) is 0 Å². The molecule has 0 saturated heterocycles. The van der Waals surface area contributed by atoms with Crippen molar-refractivity contribution in [2.24, 2.45) is 7.05 Å². The van der Waals surface area contributed by atoms with Gasteiger partial charge in [-0.25, -0.2) is 4.68 Å². The van der Waals surface area contributed by atoms with Gasteiger partial charge in [0.2, 0.25) is 0 Å². The summed E-state index contributed by atoms with van der Waals surface area (Å²) in [6, 6.07) is 10.1. The predicted octanol–water partition coefficient (Wildman–Crippen LogP) is 2.11. The van der Waals surface area contributed by atoms with Gasteiger partial charge in [0, 0.05) is 16.6 Å². The molecule has 3 rings (SSSR count). The molecule has 2 aromatic heterocycles. The lowest BCUT2D eigenvalue weighted by Gasteiger charge is -2.06. The predicted molar refractivity (Wildman–Crippen MR) is 66.9 cm³/mol. The van der Waals surface area contributed by atoms with Crippen LogP contribution in [-0.2, 0) is 7.05 Å². The van der Waals surface area contributed by atoms with Gasteiger partial charge in [0.15, 0.2) is 0 Å². The average molecular weight is 245 g/mol. The summed E-state index contributed by atoms with van der Waals surface area (Å²) in [6.07, 6.45) is 0.932. The molecule has 2 heterocycles. The first kappa shape index (κ1) is 10.4. The number of hydrogen-bond acceptors (Lipinski definition) is 4. The fourth-order valence-corrected chi connectivity index (χ4v) is 2.89. The number of aryl methyl sites for hydroxylation is 1. The van der Waals surface area contributed by atoms with Crippen LogP contribution in [0.4, 0.5) is 0 Å². The molecule has 0 saturated carbocycles. The molecule has 86 valence electrons. The van der Waals surface area contributed by atoms with E-state index >= 15 is 0 Å². The fraction of sp³-hybridized carbons (Fsp3) is 0.167. The molecular formula is C12H11N3OS. The second kappa shape index (κ2) is 3.94. The van der Waals surface area contributed by atoms with Crippen LogP contribution in [0.15, 0.2) is 36.5 Å². The lowest BCUT2D eigenvalue weighted by Crippen LogP contribution is -2.04. The van der Waals surface area contributed by atoms with Gasteiger partial charge in [-0.2, -0.15) is 0 Å². The summed E-state index contributed by atoms with van der Waals surface area (Å²) >= 11 is 1.59. The Balaban J connectivity index is 2.07. The number of nitrogens with zero attached hydrogens (tertiary/aromatic N) is 3. The zero-order chi connectivity index (χ0) is 11.8. The van der Waals surface area contributed by atoms with E-state index in [0.717, 1.165) is 10.3 Å². The molecule has 1 aromatic carbocycles. The van der Waals surface area contributed by atoms with Crippen molar-refractivity contribution in [1.82, 2.24) is 15.0 Å². The number of rotatable bonds is 2. The number of thiophene rings is 1. The first-order valence-corrected chi connectivity index (χ1v) is 6.08. The molecule has 0 radical (unpaired) electrons. The highest BCUT2D eigenvalue weighted by molar-refractivity contribution is 7.19. The Morgan fingerprint density at radius 3 is 2.88 bits per heavy atom. The lowest BCUT2D eigenvalue weighted by atomic mass is 10.2. The van der Waals surface area contributed by atoms with E-state index in [2.05, 4.69) is 16.4 Å². The quantitative estimate of drug-likeness (QED) is 0.752. The smallest absolute Gasteiger partial charge is 0.131 e. The van der Waals surface area contributed by atoms with Gasteiger partial charge in [0.25, 0.3) is 0 Å². The highest BCUT2D eigenvalue weighted by Crippen LogP contribution is 2.32. The monoisotopic (exact) mass is 245 g/mol. The van der Waals surface area contributed by atoms with Crippen molar-refractivity contribution < 1.29 is 5.11 Å². The summed E-state index contributed by atoms with van der Waals surface area (Å²) in [5.41, 5.74) is 0.705. The Hall–Kier alpha value is -1.72. The second-order valence-corrected chi connectivity index (χ2v) is 4.99. The number of aromatic nitrogens is 3. The topological polar surface area (TPSA) is 50.9 Å². The average Bonchev–Trinajstić information content (AvgIpc) is 2.93. The molecule has 0 fully saturated rings. The van der Waals surface area contributed by atoms with E-state index < -0.39 is 6.10 Å². The van der Waals surface area contributed by atoms with Gasteiger partial charge < -0.3 is 5.11 Å². The minimum Gasteiger partial charge on any atom is -0.381 e. The van der Waals surface area contributed by atoms with Crippen LogP contribution < -0.4 is 0 Å². The van der Waals surface area contributed by atoms with Crippen LogP contribution in [0.25, 0.3) is 10.1 Å². The molecule has 0 spiro atoms. The van der Waals surface area contributed by atoms with Gasteiger partial charge in [0.05, 0.1) is 11.9 Å². The van der Waals surface area contributed by atoms with E-state index in [0.29, 0.717) is 5.69 Å². The molecule has 5 heteroatoms. The molecule has 1 unspecified atom stereocenters. The van der Waals surface area contributed by atoms with E-state index in [9.17, 15) is 5.11 Å². The molecule has 0 bridgehead atoms. The minimum absolute atomic E-state index is 0.660. The van der Waals surface area contributed by atoms with Crippen LogP contribution in [0.3, 0.4) is 0 Å².